The van der Waals surface area contributed by atoms with E-state index < -0.39 is 0 Å². The number of ether oxygens (including phenoxy) is 2. The van der Waals surface area contributed by atoms with Gasteiger partial charge in [0.25, 0.3) is 0 Å². The van der Waals surface area contributed by atoms with Crippen molar-refractivity contribution in [3.8, 4) is 6.07 Å². The minimum Gasteiger partial charge on any atom is -0.377 e. The zero-order valence-electron chi connectivity index (χ0n) is 14.3. The van der Waals surface area contributed by atoms with Crippen LogP contribution in [0.4, 0.5) is 0 Å². The van der Waals surface area contributed by atoms with Crippen LogP contribution in [-0.4, -0.2) is 68.4 Å². The predicted molar refractivity (Wildman–Crippen MR) is 92.6 cm³/mol. The van der Waals surface area contributed by atoms with Crippen molar-refractivity contribution in [2.24, 2.45) is 0 Å². The molecule has 2 atom stereocenters. The normalized spacial score (nSPS) is 23.9. The van der Waals surface area contributed by atoms with Crippen LogP contribution in [-0.2, 0) is 9.47 Å². The number of rotatable bonds is 7. The van der Waals surface area contributed by atoms with Gasteiger partial charge in [0, 0.05) is 39.3 Å². The molecule has 0 aliphatic carbocycles. The van der Waals surface area contributed by atoms with Gasteiger partial charge in [0.15, 0.2) is 0 Å². The molecule has 24 heavy (non-hydrogen) atoms. The average Bonchev–Trinajstić information content (AvgIpc) is 3.15. The summed E-state index contributed by atoms with van der Waals surface area (Å²) < 4.78 is 11.3. The van der Waals surface area contributed by atoms with Gasteiger partial charge in [-0.2, -0.15) is 5.26 Å². The summed E-state index contributed by atoms with van der Waals surface area (Å²) in [5.74, 6) is 0. The SMILES string of the molecule is N#C[C@H](c1ccccc1)N1CCN(CCOC[C@H]2CCCO2)CC1. The number of piperazine rings is 1. The molecule has 0 saturated carbocycles. The van der Waals surface area contributed by atoms with Crippen molar-refractivity contribution in [3.63, 3.8) is 0 Å². The molecular formula is C19H27N3O2. The number of hydrogen-bond acceptors (Lipinski definition) is 5. The highest BCUT2D eigenvalue weighted by molar-refractivity contribution is 5.24. The lowest BCUT2D eigenvalue weighted by Gasteiger charge is -2.37. The van der Waals surface area contributed by atoms with E-state index in [4.69, 9.17) is 9.47 Å². The lowest BCUT2D eigenvalue weighted by atomic mass is 10.1. The van der Waals surface area contributed by atoms with Crippen molar-refractivity contribution in [3.05, 3.63) is 35.9 Å². The summed E-state index contributed by atoms with van der Waals surface area (Å²) in [6, 6.07) is 12.4. The Morgan fingerprint density at radius 2 is 2.00 bits per heavy atom. The molecule has 3 rings (SSSR count). The zero-order valence-corrected chi connectivity index (χ0v) is 14.3. The molecule has 2 aliphatic heterocycles. The van der Waals surface area contributed by atoms with Crippen LogP contribution in [0.1, 0.15) is 24.4 Å². The van der Waals surface area contributed by atoms with Crippen molar-refractivity contribution in [2.75, 3.05) is 52.5 Å². The molecule has 2 saturated heterocycles. The molecule has 0 amide bonds. The Kier molecular flexibility index (Phi) is 6.62. The standard InChI is InChI=1S/C19H27N3O2/c20-15-19(17-5-2-1-3-6-17)22-10-8-21(9-11-22)12-14-23-16-18-7-4-13-24-18/h1-3,5-6,18-19H,4,7-14,16H2/t18-,19-/m1/s1. The molecule has 0 bridgehead atoms. The third kappa shape index (κ3) is 4.78. The molecule has 0 spiro atoms. The van der Waals surface area contributed by atoms with E-state index >= 15 is 0 Å². The number of nitriles is 1. The van der Waals surface area contributed by atoms with Gasteiger partial charge in [0.2, 0.25) is 0 Å². The highest BCUT2D eigenvalue weighted by atomic mass is 16.5. The fourth-order valence-corrected chi connectivity index (χ4v) is 3.43. The fraction of sp³-hybridized carbons (Fsp3) is 0.632. The first kappa shape index (κ1) is 17.4. The Bertz CT molecular complexity index is 517. The van der Waals surface area contributed by atoms with Crippen molar-refractivity contribution >= 4 is 0 Å². The molecule has 0 aromatic heterocycles. The van der Waals surface area contributed by atoms with E-state index in [0.717, 1.165) is 70.9 Å². The Balaban J connectivity index is 1.36. The number of nitrogens with zero attached hydrogens (tertiary/aromatic N) is 3. The van der Waals surface area contributed by atoms with E-state index in [1.54, 1.807) is 0 Å². The van der Waals surface area contributed by atoms with Crippen LogP contribution in [0.3, 0.4) is 0 Å². The molecule has 130 valence electrons. The third-order valence-electron chi connectivity index (χ3n) is 4.89. The number of hydrogen-bond donors (Lipinski definition) is 0. The molecule has 5 heteroatoms. The topological polar surface area (TPSA) is 48.7 Å². The summed E-state index contributed by atoms with van der Waals surface area (Å²) in [6.07, 6.45) is 2.61. The van der Waals surface area contributed by atoms with E-state index in [1.165, 1.54) is 0 Å². The quantitative estimate of drug-likeness (QED) is 0.717. The molecule has 0 N–H and O–H groups in total. The second-order valence-electron chi connectivity index (χ2n) is 6.53. The van der Waals surface area contributed by atoms with Crippen LogP contribution in [0.25, 0.3) is 0 Å². The molecule has 5 nitrogen and oxygen atoms in total. The van der Waals surface area contributed by atoms with E-state index in [2.05, 4.69) is 15.9 Å². The zero-order chi connectivity index (χ0) is 16.6. The second kappa shape index (κ2) is 9.14. The van der Waals surface area contributed by atoms with Crippen LogP contribution in [0.5, 0.6) is 0 Å². The second-order valence-corrected chi connectivity index (χ2v) is 6.53. The lowest BCUT2D eigenvalue weighted by Crippen LogP contribution is -2.48. The van der Waals surface area contributed by atoms with Gasteiger partial charge < -0.3 is 9.47 Å². The van der Waals surface area contributed by atoms with Gasteiger partial charge >= 0.3 is 0 Å². The molecule has 1 aromatic rings. The van der Waals surface area contributed by atoms with Gasteiger partial charge in [-0.3, -0.25) is 9.80 Å². The van der Waals surface area contributed by atoms with Crippen LogP contribution < -0.4 is 0 Å². The molecule has 2 fully saturated rings. The van der Waals surface area contributed by atoms with Gasteiger partial charge in [0.1, 0.15) is 6.04 Å². The summed E-state index contributed by atoms with van der Waals surface area (Å²) in [6.45, 7) is 7.19. The molecule has 1 aromatic carbocycles. The van der Waals surface area contributed by atoms with Gasteiger partial charge in [-0.25, -0.2) is 0 Å². The Labute approximate surface area is 144 Å². The van der Waals surface area contributed by atoms with E-state index in [-0.39, 0.29) is 6.04 Å². The van der Waals surface area contributed by atoms with Crippen molar-refractivity contribution < 1.29 is 9.47 Å². The molecule has 0 radical (unpaired) electrons. The molecule has 2 heterocycles. The van der Waals surface area contributed by atoms with Gasteiger partial charge in [0.05, 0.1) is 25.4 Å². The number of benzene rings is 1. The van der Waals surface area contributed by atoms with E-state index in [0.29, 0.717) is 6.10 Å². The van der Waals surface area contributed by atoms with Crippen molar-refractivity contribution in [1.29, 1.82) is 5.26 Å². The first-order valence-corrected chi connectivity index (χ1v) is 8.97. The Morgan fingerprint density at radius 1 is 1.21 bits per heavy atom. The van der Waals surface area contributed by atoms with Crippen LogP contribution >= 0.6 is 0 Å². The Hall–Kier alpha value is -1.45. The fourth-order valence-electron chi connectivity index (χ4n) is 3.43. The summed E-state index contributed by atoms with van der Waals surface area (Å²) in [4.78, 5) is 4.70. The summed E-state index contributed by atoms with van der Waals surface area (Å²) in [5, 5.41) is 9.54. The monoisotopic (exact) mass is 329 g/mol. The van der Waals surface area contributed by atoms with Crippen molar-refractivity contribution in [1.82, 2.24) is 9.80 Å². The van der Waals surface area contributed by atoms with Gasteiger partial charge in [-0.1, -0.05) is 30.3 Å². The smallest absolute Gasteiger partial charge is 0.123 e. The summed E-state index contributed by atoms with van der Waals surface area (Å²) in [7, 11) is 0. The van der Waals surface area contributed by atoms with Gasteiger partial charge in [-0.15, -0.1) is 0 Å². The van der Waals surface area contributed by atoms with Crippen molar-refractivity contribution in [2.45, 2.75) is 25.0 Å². The van der Waals surface area contributed by atoms with E-state index in [9.17, 15) is 5.26 Å². The highest BCUT2D eigenvalue weighted by Crippen LogP contribution is 2.21. The highest BCUT2D eigenvalue weighted by Gasteiger charge is 2.24. The summed E-state index contributed by atoms with van der Waals surface area (Å²) in [5.41, 5.74) is 1.09. The maximum atomic E-state index is 9.54. The predicted octanol–water partition coefficient (Wildman–Crippen LogP) is 2.06. The third-order valence-corrected chi connectivity index (χ3v) is 4.89. The molecule has 2 aliphatic rings. The summed E-state index contributed by atoms with van der Waals surface area (Å²) >= 11 is 0. The minimum absolute atomic E-state index is 0.135. The van der Waals surface area contributed by atoms with Crippen LogP contribution in [0.2, 0.25) is 0 Å². The molecule has 0 unspecified atom stereocenters. The van der Waals surface area contributed by atoms with Gasteiger partial charge in [-0.05, 0) is 18.4 Å². The average molecular weight is 329 g/mol. The van der Waals surface area contributed by atoms with Crippen LogP contribution in [0, 0.1) is 11.3 Å². The molecular weight excluding hydrogens is 302 g/mol. The first-order valence-electron chi connectivity index (χ1n) is 8.97. The largest absolute Gasteiger partial charge is 0.377 e. The lowest BCUT2D eigenvalue weighted by molar-refractivity contribution is 0.00548. The Morgan fingerprint density at radius 3 is 2.67 bits per heavy atom. The first-order chi connectivity index (χ1) is 11.9. The van der Waals surface area contributed by atoms with E-state index in [1.807, 2.05) is 30.3 Å². The maximum absolute atomic E-state index is 9.54. The maximum Gasteiger partial charge on any atom is 0.123 e. The minimum atomic E-state index is -0.135. The van der Waals surface area contributed by atoms with Crippen LogP contribution in [0.15, 0.2) is 30.3 Å².